The SMILES string of the molecule is CC(=O)c1cccc(N2CN=c3s/c(=C\c4ccncc4)c(=O)n3C2)c1. The summed E-state index contributed by atoms with van der Waals surface area (Å²) >= 11 is 1.39. The quantitative estimate of drug-likeness (QED) is 0.659. The maximum absolute atomic E-state index is 12.8. The topological polar surface area (TPSA) is 67.6 Å². The summed E-state index contributed by atoms with van der Waals surface area (Å²) in [5.41, 5.74) is 2.41. The number of ketones is 1. The van der Waals surface area contributed by atoms with Crippen molar-refractivity contribution in [1.82, 2.24) is 9.55 Å². The van der Waals surface area contributed by atoms with Crippen molar-refractivity contribution in [3.05, 3.63) is 79.6 Å². The van der Waals surface area contributed by atoms with Crippen LogP contribution in [0.25, 0.3) is 6.08 Å². The molecule has 3 aromatic rings. The van der Waals surface area contributed by atoms with Crippen LogP contribution in [-0.2, 0) is 6.67 Å². The lowest BCUT2D eigenvalue weighted by molar-refractivity contribution is 0.101. The third-order valence-corrected chi connectivity index (χ3v) is 5.24. The number of rotatable bonds is 3. The molecular formula is C19H16N4O2S. The average Bonchev–Trinajstić information content (AvgIpc) is 2.98. The summed E-state index contributed by atoms with van der Waals surface area (Å²) in [5.74, 6) is 0.0171. The molecule has 0 atom stereocenters. The summed E-state index contributed by atoms with van der Waals surface area (Å²) in [7, 11) is 0. The zero-order valence-corrected chi connectivity index (χ0v) is 14.9. The average molecular weight is 364 g/mol. The van der Waals surface area contributed by atoms with Crippen molar-refractivity contribution in [1.29, 1.82) is 0 Å². The van der Waals surface area contributed by atoms with Gasteiger partial charge in [0.2, 0.25) is 0 Å². The molecule has 0 radical (unpaired) electrons. The van der Waals surface area contributed by atoms with Gasteiger partial charge in [0.15, 0.2) is 10.6 Å². The minimum Gasteiger partial charge on any atom is -0.334 e. The van der Waals surface area contributed by atoms with E-state index in [1.54, 1.807) is 30.0 Å². The molecule has 0 saturated carbocycles. The summed E-state index contributed by atoms with van der Waals surface area (Å²) in [6.45, 7) is 2.41. The molecule has 3 heterocycles. The number of benzene rings is 1. The predicted octanol–water partition coefficient (Wildman–Crippen LogP) is 1.39. The highest BCUT2D eigenvalue weighted by Crippen LogP contribution is 2.18. The van der Waals surface area contributed by atoms with Crippen molar-refractivity contribution >= 4 is 28.9 Å². The number of hydrogen-bond acceptors (Lipinski definition) is 6. The van der Waals surface area contributed by atoms with E-state index < -0.39 is 0 Å². The van der Waals surface area contributed by atoms with Gasteiger partial charge in [0.25, 0.3) is 5.56 Å². The maximum atomic E-state index is 12.8. The standard InChI is InChI=1S/C19H16N4O2S/c1-13(24)15-3-2-4-16(10-15)22-11-21-19-23(12-22)18(25)17(26-19)9-14-5-7-20-8-6-14/h2-10H,11-12H2,1H3/b17-9-. The number of Topliss-reactive ketones (excluding diaryl/α,β-unsaturated/α-hetero) is 1. The molecule has 0 N–H and O–H groups in total. The van der Waals surface area contributed by atoms with Gasteiger partial charge in [-0.25, -0.2) is 4.99 Å². The Morgan fingerprint density at radius 1 is 1.23 bits per heavy atom. The fourth-order valence-electron chi connectivity index (χ4n) is 2.81. The molecular weight excluding hydrogens is 348 g/mol. The van der Waals surface area contributed by atoms with Crippen LogP contribution in [0, 0.1) is 0 Å². The number of carbonyl (C=O) groups excluding carboxylic acids is 1. The van der Waals surface area contributed by atoms with Crippen LogP contribution < -0.4 is 19.8 Å². The van der Waals surface area contributed by atoms with Crippen LogP contribution in [0.4, 0.5) is 5.69 Å². The molecule has 4 rings (SSSR count). The monoisotopic (exact) mass is 364 g/mol. The number of thiazole rings is 1. The Balaban J connectivity index is 1.70. The first-order valence-corrected chi connectivity index (χ1v) is 8.95. The third-order valence-electron chi connectivity index (χ3n) is 4.20. The summed E-state index contributed by atoms with van der Waals surface area (Å²) in [6, 6.07) is 11.1. The van der Waals surface area contributed by atoms with Crippen molar-refractivity contribution < 1.29 is 4.79 Å². The molecule has 1 aromatic carbocycles. The molecule has 1 aliphatic heterocycles. The van der Waals surface area contributed by atoms with E-state index in [2.05, 4.69) is 9.98 Å². The molecule has 0 unspecified atom stereocenters. The van der Waals surface area contributed by atoms with E-state index in [1.807, 2.05) is 41.3 Å². The lowest BCUT2D eigenvalue weighted by Gasteiger charge is -2.25. The molecule has 6 nitrogen and oxygen atoms in total. The van der Waals surface area contributed by atoms with E-state index >= 15 is 0 Å². The highest BCUT2D eigenvalue weighted by Gasteiger charge is 2.16. The Kier molecular flexibility index (Phi) is 4.22. The van der Waals surface area contributed by atoms with E-state index in [9.17, 15) is 9.59 Å². The van der Waals surface area contributed by atoms with E-state index in [0.29, 0.717) is 28.2 Å². The van der Waals surface area contributed by atoms with Crippen LogP contribution in [0.1, 0.15) is 22.8 Å². The number of carbonyl (C=O) groups is 1. The fraction of sp³-hybridized carbons (Fsp3) is 0.158. The molecule has 26 heavy (non-hydrogen) atoms. The van der Waals surface area contributed by atoms with E-state index in [1.165, 1.54) is 11.3 Å². The lowest BCUT2D eigenvalue weighted by atomic mass is 10.1. The first-order chi connectivity index (χ1) is 12.6. The van der Waals surface area contributed by atoms with E-state index in [4.69, 9.17) is 0 Å². The minimum atomic E-state index is -0.0574. The number of anilines is 1. The van der Waals surface area contributed by atoms with E-state index in [-0.39, 0.29) is 11.3 Å². The molecule has 7 heteroatoms. The number of aromatic nitrogens is 2. The fourth-order valence-corrected chi connectivity index (χ4v) is 3.77. The molecule has 0 fully saturated rings. The number of hydrogen-bond donors (Lipinski definition) is 0. The number of pyridine rings is 1. The molecule has 0 bridgehead atoms. The zero-order valence-electron chi connectivity index (χ0n) is 14.1. The van der Waals surface area contributed by atoms with Crippen LogP contribution >= 0.6 is 11.3 Å². The van der Waals surface area contributed by atoms with Gasteiger partial charge in [-0.05, 0) is 42.8 Å². The van der Waals surface area contributed by atoms with Crippen LogP contribution in [-0.4, -0.2) is 22.0 Å². The molecule has 0 aliphatic carbocycles. The Labute approximate surface area is 153 Å². The van der Waals surface area contributed by atoms with Gasteiger partial charge in [0.05, 0.1) is 4.53 Å². The van der Waals surface area contributed by atoms with Gasteiger partial charge in [-0.2, -0.15) is 0 Å². The maximum Gasteiger partial charge on any atom is 0.271 e. The van der Waals surface area contributed by atoms with Crippen molar-refractivity contribution in [2.75, 3.05) is 11.6 Å². The van der Waals surface area contributed by atoms with Gasteiger partial charge in [-0.1, -0.05) is 23.5 Å². The molecule has 2 aromatic heterocycles. The summed E-state index contributed by atoms with van der Waals surface area (Å²) in [5, 5.41) is 0. The van der Waals surface area contributed by atoms with Gasteiger partial charge in [0, 0.05) is 23.6 Å². The second kappa shape index (κ2) is 6.68. The largest absolute Gasteiger partial charge is 0.334 e. The molecule has 1 aliphatic rings. The molecule has 0 saturated heterocycles. The second-order valence-electron chi connectivity index (χ2n) is 5.99. The second-order valence-corrected chi connectivity index (χ2v) is 7.00. The summed E-state index contributed by atoms with van der Waals surface area (Å²) in [4.78, 5) is 35.6. The first kappa shape index (κ1) is 16.4. The normalized spacial score (nSPS) is 14.0. The number of nitrogens with zero attached hydrogens (tertiary/aromatic N) is 4. The van der Waals surface area contributed by atoms with Gasteiger partial charge in [0.1, 0.15) is 13.3 Å². The highest BCUT2D eigenvalue weighted by molar-refractivity contribution is 7.07. The first-order valence-electron chi connectivity index (χ1n) is 8.13. The van der Waals surface area contributed by atoms with Gasteiger partial charge >= 0.3 is 0 Å². The zero-order chi connectivity index (χ0) is 18.1. The highest BCUT2D eigenvalue weighted by atomic mass is 32.1. The Morgan fingerprint density at radius 3 is 2.81 bits per heavy atom. The van der Waals surface area contributed by atoms with Gasteiger partial charge < -0.3 is 4.90 Å². The number of fused-ring (bicyclic) bond motifs is 1. The molecule has 0 spiro atoms. The summed E-state index contributed by atoms with van der Waals surface area (Å²) in [6.07, 6.45) is 5.26. The van der Waals surface area contributed by atoms with Crippen molar-refractivity contribution in [3.63, 3.8) is 0 Å². The van der Waals surface area contributed by atoms with Crippen LogP contribution in [0.2, 0.25) is 0 Å². The van der Waals surface area contributed by atoms with Crippen molar-refractivity contribution in [2.24, 2.45) is 4.99 Å². The Hall–Kier alpha value is -3.06. The van der Waals surface area contributed by atoms with Crippen LogP contribution in [0.5, 0.6) is 0 Å². The van der Waals surface area contributed by atoms with Crippen molar-refractivity contribution in [2.45, 2.75) is 13.6 Å². The lowest BCUT2D eigenvalue weighted by Crippen LogP contribution is -2.42. The molecule has 130 valence electrons. The van der Waals surface area contributed by atoms with E-state index in [0.717, 1.165) is 11.3 Å². The Morgan fingerprint density at radius 2 is 2.04 bits per heavy atom. The third kappa shape index (κ3) is 3.09. The smallest absolute Gasteiger partial charge is 0.271 e. The Bertz CT molecular complexity index is 1150. The van der Waals surface area contributed by atoms with Crippen LogP contribution in [0.3, 0.4) is 0 Å². The van der Waals surface area contributed by atoms with Crippen molar-refractivity contribution in [3.8, 4) is 0 Å². The summed E-state index contributed by atoms with van der Waals surface area (Å²) < 4.78 is 2.32. The minimum absolute atomic E-state index is 0.0171. The van der Waals surface area contributed by atoms with Gasteiger partial charge in [-0.3, -0.25) is 19.1 Å². The predicted molar refractivity (Wildman–Crippen MR) is 101 cm³/mol. The van der Waals surface area contributed by atoms with Gasteiger partial charge in [-0.15, -0.1) is 0 Å². The molecule has 0 amide bonds. The van der Waals surface area contributed by atoms with Crippen LogP contribution in [0.15, 0.2) is 58.6 Å².